The number of carboxylic acids is 1. The molecule has 20 heavy (non-hydrogen) atoms. The average Bonchev–Trinajstić information content (AvgIpc) is 2.89. The summed E-state index contributed by atoms with van der Waals surface area (Å²) in [6.07, 6.45) is 0. The second-order valence-electron chi connectivity index (χ2n) is 4.88. The van der Waals surface area contributed by atoms with Gasteiger partial charge < -0.3 is 15.7 Å². The molecule has 0 saturated carbocycles. The molecular formula is C15H18N2O2S. The van der Waals surface area contributed by atoms with Crippen LogP contribution < -0.4 is 10.6 Å². The first-order valence-corrected chi connectivity index (χ1v) is 7.29. The fraction of sp³-hybridized carbons (Fsp3) is 0.267. The van der Waals surface area contributed by atoms with E-state index in [-0.39, 0.29) is 11.6 Å². The van der Waals surface area contributed by atoms with Crippen LogP contribution in [0.2, 0.25) is 0 Å². The fourth-order valence-corrected chi connectivity index (χ4v) is 2.79. The van der Waals surface area contributed by atoms with E-state index < -0.39 is 5.97 Å². The van der Waals surface area contributed by atoms with E-state index in [1.165, 1.54) is 10.9 Å². The second kappa shape index (κ2) is 5.96. The van der Waals surface area contributed by atoms with Crippen LogP contribution in [0, 0.1) is 0 Å². The second-order valence-corrected chi connectivity index (χ2v) is 5.91. The molecule has 0 atom stereocenters. The van der Waals surface area contributed by atoms with Gasteiger partial charge in [-0.3, -0.25) is 0 Å². The van der Waals surface area contributed by atoms with Crippen molar-refractivity contribution in [2.24, 2.45) is 0 Å². The number of rotatable bonds is 5. The quantitative estimate of drug-likeness (QED) is 0.828. The Labute approximate surface area is 122 Å². The van der Waals surface area contributed by atoms with E-state index in [0.29, 0.717) is 17.9 Å². The first kappa shape index (κ1) is 14.4. The Kier molecular flexibility index (Phi) is 4.29. The molecule has 5 heteroatoms. The number of hydrogen-bond donors (Lipinski definition) is 2. The van der Waals surface area contributed by atoms with E-state index in [1.807, 2.05) is 11.4 Å². The molecule has 2 aromatic rings. The van der Waals surface area contributed by atoms with Crippen molar-refractivity contribution >= 4 is 28.7 Å². The first-order chi connectivity index (χ1) is 9.49. The zero-order valence-electron chi connectivity index (χ0n) is 11.5. The molecule has 0 spiro atoms. The largest absolute Gasteiger partial charge is 0.478 e. The third-order valence-electron chi connectivity index (χ3n) is 3.09. The molecule has 0 bridgehead atoms. The van der Waals surface area contributed by atoms with E-state index in [9.17, 15) is 9.90 Å². The summed E-state index contributed by atoms with van der Waals surface area (Å²) in [4.78, 5) is 14.7. The maximum atomic E-state index is 11.4. The third kappa shape index (κ3) is 3.11. The Bertz CT molecular complexity index is 594. The number of hydrogen-bond acceptors (Lipinski definition) is 4. The van der Waals surface area contributed by atoms with Crippen molar-refractivity contribution in [2.75, 3.05) is 10.6 Å². The van der Waals surface area contributed by atoms with Crippen molar-refractivity contribution < 1.29 is 9.90 Å². The average molecular weight is 290 g/mol. The van der Waals surface area contributed by atoms with Crippen LogP contribution in [0.1, 0.15) is 29.1 Å². The minimum absolute atomic E-state index is 0.193. The van der Waals surface area contributed by atoms with E-state index in [1.54, 1.807) is 23.5 Å². The minimum Gasteiger partial charge on any atom is -0.478 e. The van der Waals surface area contributed by atoms with Gasteiger partial charge in [-0.2, -0.15) is 0 Å². The summed E-state index contributed by atoms with van der Waals surface area (Å²) in [6.45, 7) is 4.80. The summed E-state index contributed by atoms with van der Waals surface area (Å²) in [5.41, 5.74) is 7.11. The zero-order chi connectivity index (χ0) is 14.7. The van der Waals surface area contributed by atoms with Crippen molar-refractivity contribution in [3.63, 3.8) is 0 Å². The summed E-state index contributed by atoms with van der Waals surface area (Å²) in [6, 6.07) is 9.29. The summed E-state index contributed by atoms with van der Waals surface area (Å²) in [5.74, 6) is -0.955. The lowest BCUT2D eigenvalue weighted by atomic mass is 10.1. The Morgan fingerprint density at radius 2 is 2.15 bits per heavy atom. The van der Waals surface area contributed by atoms with Crippen LogP contribution in [-0.4, -0.2) is 17.1 Å². The third-order valence-corrected chi connectivity index (χ3v) is 3.95. The van der Waals surface area contributed by atoms with Gasteiger partial charge >= 0.3 is 5.97 Å². The molecule has 0 aliphatic heterocycles. The Morgan fingerprint density at radius 1 is 1.40 bits per heavy atom. The highest BCUT2D eigenvalue weighted by molar-refractivity contribution is 7.09. The summed E-state index contributed by atoms with van der Waals surface area (Å²) < 4.78 is 0. The Hall–Kier alpha value is -2.01. The van der Waals surface area contributed by atoms with Gasteiger partial charge in [-0.05, 0) is 43.5 Å². The molecule has 0 saturated heterocycles. The van der Waals surface area contributed by atoms with Crippen LogP contribution in [0.15, 0.2) is 35.7 Å². The maximum absolute atomic E-state index is 11.4. The van der Waals surface area contributed by atoms with Gasteiger partial charge in [-0.15, -0.1) is 11.3 Å². The highest BCUT2D eigenvalue weighted by Gasteiger charge is 2.19. The van der Waals surface area contributed by atoms with Crippen LogP contribution in [0.4, 0.5) is 11.4 Å². The van der Waals surface area contributed by atoms with Gasteiger partial charge in [-0.1, -0.05) is 6.07 Å². The van der Waals surface area contributed by atoms with Gasteiger partial charge in [-0.25, -0.2) is 4.79 Å². The molecule has 0 fully saturated rings. The van der Waals surface area contributed by atoms with Gasteiger partial charge in [0.2, 0.25) is 0 Å². The number of carbonyl (C=O) groups is 1. The van der Waals surface area contributed by atoms with E-state index in [4.69, 9.17) is 5.73 Å². The lowest BCUT2D eigenvalue weighted by Crippen LogP contribution is -2.31. The summed E-state index contributed by atoms with van der Waals surface area (Å²) in [5, 5.41) is 11.4. The number of aromatic carboxylic acids is 1. The van der Waals surface area contributed by atoms with Crippen molar-refractivity contribution in [2.45, 2.75) is 26.4 Å². The summed E-state index contributed by atoms with van der Waals surface area (Å²) in [7, 11) is 0. The number of thiophene rings is 1. The maximum Gasteiger partial charge on any atom is 0.337 e. The molecule has 1 aromatic heterocycles. The van der Waals surface area contributed by atoms with Crippen molar-refractivity contribution in [3.05, 3.63) is 46.2 Å². The van der Waals surface area contributed by atoms with Crippen molar-refractivity contribution in [1.29, 1.82) is 0 Å². The Balaban J connectivity index is 2.41. The normalized spacial score (nSPS) is 10.8. The van der Waals surface area contributed by atoms with Crippen LogP contribution >= 0.6 is 11.3 Å². The highest BCUT2D eigenvalue weighted by Crippen LogP contribution is 2.27. The molecule has 4 nitrogen and oxygen atoms in total. The highest BCUT2D eigenvalue weighted by atomic mass is 32.1. The molecule has 3 N–H and O–H groups in total. The molecule has 106 valence electrons. The zero-order valence-corrected chi connectivity index (χ0v) is 12.4. The smallest absolute Gasteiger partial charge is 0.337 e. The van der Waals surface area contributed by atoms with E-state index in [0.717, 1.165) is 0 Å². The van der Waals surface area contributed by atoms with Crippen molar-refractivity contribution in [3.8, 4) is 0 Å². The number of anilines is 2. The van der Waals surface area contributed by atoms with Crippen LogP contribution in [-0.2, 0) is 6.54 Å². The molecule has 1 heterocycles. The number of nitrogen functional groups attached to an aromatic ring is 1. The van der Waals surface area contributed by atoms with Crippen LogP contribution in [0.3, 0.4) is 0 Å². The number of nitrogens with zero attached hydrogens (tertiary/aromatic N) is 1. The molecule has 0 aliphatic rings. The number of nitrogens with two attached hydrogens (primary N) is 1. The standard InChI is InChI=1S/C15H18N2O2S/c1-10(2)17(9-12-4-3-7-20-12)14-6-5-11(16)8-13(14)15(18)19/h3-8,10H,9,16H2,1-2H3,(H,18,19). The first-order valence-electron chi connectivity index (χ1n) is 6.41. The number of benzene rings is 1. The van der Waals surface area contributed by atoms with E-state index >= 15 is 0 Å². The molecule has 0 unspecified atom stereocenters. The van der Waals surface area contributed by atoms with Crippen LogP contribution in [0.5, 0.6) is 0 Å². The van der Waals surface area contributed by atoms with Gasteiger partial charge in [0.05, 0.1) is 17.8 Å². The molecule has 1 aromatic carbocycles. The summed E-state index contributed by atoms with van der Waals surface area (Å²) >= 11 is 1.67. The monoisotopic (exact) mass is 290 g/mol. The van der Waals surface area contributed by atoms with Gasteiger partial charge in [0.15, 0.2) is 0 Å². The molecule has 0 aliphatic carbocycles. The lowest BCUT2D eigenvalue weighted by Gasteiger charge is -2.30. The van der Waals surface area contributed by atoms with Gasteiger partial charge in [0, 0.05) is 16.6 Å². The Morgan fingerprint density at radius 3 is 2.70 bits per heavy atom. The predicted octanol–water partition coefficient (Wildman–Crippen LogP) is 3.44. The predicted molar refractivity (Wildman–Crippen MR) is 83.5 cm³/mol. The molecule has 0 amide bonds. The minimum atomic E-state index is -0.955. The van der Waals surface area contributed by atoms with Gasteiger partial charge in [0.25, 0.3) is 0 Å². The molecule has 2 rings (SSSR count). The van der Waals surface area contributed by atoms with Crippen molar-refractivity contribution in [1.82, 2.24) is 0 Å². The van der Waals surface area contributed by atoms with E-state index in [2.05, 4.69) is 24.8 Å². The number of carboxylic acid groups (broad SMARTS) is 1. The fourth-order valence-electron chi connectivity index (χ4n) is 2.09. The van der Waals surface area contributed by atoms with Gasteiger partial charge in [0.1, 0.15) is 0 Å². The topological polar surface area (TPSA) is 66.6 Å². The SMILES string of the molecule is CC(C)N(Cc1cccs1)c1ccc(N)cc1C(=O)O. The molecular weight excluding hydrogens is 272 g/mol. The molecule has 0 radical (unpaired) electrons. The lowest BCUT2D eigenvalue weighted by molar-refractivity contribution is 0.0697. The van der Waals surface area contributed by atoms with Crippen LogP contribution in [0.25, 0.3) is 0 Å².